The van der Waals surface area contributed by atoms with Gasteiger partial charge >= 0.3 is 5.97 Å². The topological polar surface area (TPSA) is 26.3 Å². The SMILES string of the molecule is CCCCCCCCCCCCCCCCSCC(C)C(=O)OC. The van der Waals surface area contributed by atoms with Gasteiger partial charge in [-0.1, -0.05) is 97.3 Å². The maximum Gasteiger partial charge on any atom is 0.309 e. The summed E-state index contributed by atoms with van der Waals surface area (Å²) in [7, 11) is 1.47. The van der Waals surface area contributed by atoms with Gasteiger partial charge in [0.1, 0.15) is 0 Å². The molecule has 0 fully saturated rings. The first-order chi connectivity index (χ1) is 11.7. The number of thioether (sulfide) groups is 1. The van der Waals surface area contributed by atoms with Crippen LogP contribution in [0.15, 0.2) is 0 Å². The molecule has 0 spiro atoms. The molecule has 0 rings (SSSR count). The molecule has 0 aliphatic rings. The summed E-state index contributed by atoms with van der Waals surface area (Å²) in [6.45, 7) is 4.23. The first-order valence-electron chi connectivity index (χ1n) is 10.4. The highest BCUT2D eigenvalue weighted by molar-refractivity contribution is 7.99. The number of unbranched alkanes of at least 4 members (excludes halogenated alkanes) is 13. The molecule has 0 aliphatic carbocycles. The number of ether oxygens (including phenoxy) is 1. The highest BCUT2D eigenvalue weighted by Crippen LogP contribution is 2.15. The Morgan fingerprint density at radius 3 is 1.62 bits per heavy atom. The van der Waals surface area contributed by atoms with Crippen molar-refractivity contribution in [2.45, 2.75) is 104 Å². The molecule has 0 aromatic carbocycles. The third-order valence-corrected chi connectivity index (χ3v) is 5.93. The molecule has 2 nitrogen and oxygen atoms in total. The second-order valence-electron chi connectivity index (χ2n) is 7.10. The first kappa shape index (κ1) is 23.8. The van der Waals surface area contributed by atoms with E-state index >= 15 is 0 Å². The Kier molecular flexibility index (Phi) is 19.0. The van der Waals surface area contributed by atoms with Gasteiger partial charge in [0.25, 0.3) is 0 Å². The van der Waals surface area contributed by atoms with Crippen molar-refractivity contribution in [3.63, 3.8) is 0 Å². The minimum atomic E-state index is -0.0801. The third kappa shape index (κ3) is 16.7. The molecule has 0 amide bonds. The Bertz CT molecular complexity index is 269. The normalized spacial score (nSPS) is 12.3. The maximum absolute atomic E-state index is 11.3. The van der Waals surface area contributed by atoms with E-state index in [1.165, 1.54) is 103 Å². The minimum absolute atomic E-state index is 0.0339. The van der Waals surface area contributed by atoms with Crippen LogP contribution in [0.3, 0.4) is 0 Å². The van der Waals surface area contributed by atoms with E-state index in [1.807, 2.05) is 18.7 Å². The number of carbonyl (C=O) groups excluding carboxylic acids is 1. The quantitative estimate of drug-likeness (QED) is 0.195. The molecular weight excluding hydrogens is 316 g/mol. The number of hydrogen-bond acceptors (Lipinski definition) is 3. The summed E-state index contributed by atoms with van der Waals surface area (Å²) >= 11 is 1.89. The Labute approximate surface area is 155 Å². The molecule has 0 aromatic heterocycles. The lowest BCUT2D eigenvalue weighted by atomic mass is 10.0. The Balaban J connectivity index is 3.09. The van der Waals surface area contributed by atoms with Crippen LogP contribution >= 0.6 is 11.8 Å². The van der Waals surface area contributed by atoms with Crippen molar-refractivity contribution in [2.75, 3.05) is 18.6 Å². The van der Waals surface area contributed by atoms with Crippen molar-refractivity contribution in [1.29, 1.82) is 0 Å². The summed E-state index contributed by atoms with van der Waals surface area (Å²) in [5, 5.41) is 0. The summed E-state index contributed by atoms with van der Waals surface area (Å²) in [4.78, 5) is 11.3. The van der Waals surface area contributed by atoms with Crippen molar-refractivity contribution in [2.24, 2.45) is 5.92 Å². The molecule has 0 saturated heterocycles. The van der Waals surface area contributed by atoms with Gasteiger partial charge in [0.05, 0.1) is 13.0 Å². The van der Waals surface area contributed by atoms with E-state index in [0.717, 1.165) is 5.75 Å². The van der Waals surface area contributed by atoms with E-state index in [2.05, 4.69) is 6.92 Å². The van der Waals surface area contributed by atoms with Gasteiger partial charge in [-0.2, -0.15) is 11.8 Å². The van der Waals surface area contributed by atoms with Gasteiger partial charge in [-0.05, 0) is 12.2 Å². The van der Waals surface area contributed by atoms with Gasteiger partial charge in [-0.25, -0.2) is 0 Å². The smallest absolute Gasteiger partial charge is 0.309 e. The molecule has 24 heavy (non-hydrogen) atoms. The Hall–Kier alpha value is -0.180. The van der Waals surface area contributed by atoms with E-state index in [-0.39, 0.29) is 11.9 Å². The number of rotatable bonds is 18. The van der Waals surface area contributed by atoms with Gasteiger partial charge in [-0.3, -0.25) is 4.79 Å². The van der Waals surface area contributed by atoms with Crippen LogP contribution in [-0.2, 0) is 9.53 Å². The number of esters is 1. The van der Waals surface area contributed by atoms with Crippen molar-refractivity contribution >= 4 is 17.7 Å². The van der Waals surface area contributed by atoms with Gasteiger partial charge in [0, 0.05) is 5.75 Å². The molecule has 0 aliphatic heterocycles. The number of hydrogen-bond donors (Lipinski definition) is 0. The van der Waals surface area contributed by atoms with Crippen LogP contribution in [0.5, 0.6) is 0 Å². The molecule has 3 heteroatoms. The molecule has 0 aromatic rings. The van der Waals surface area contributed by atoms with Crippen LogP contribution in [0.25, 0.3) is 0 Å². The van der Waals surface area contributed by atoms with E-state index in [1.54, 1.807) is 0 Å². The van der Waals surface area contributed by atoms with Crippen LogP contribution in [0.2, 0.25) is 0 Å². The fraction of sp³-hybridized carbons (Fsp3) is 0.952. The van der Waals surface area contributed by atoms with E-state index in [0.29, 0.717) is 0 Å². The summed E-state index contributed by atoms with van der Waals surface area (Å²) in [5.41, 5.74) is 0. The third-order valence-electron chi connectivity index (χ3n) is 4.61. The summed E-state index contributed by atoms with van der Waals surface area (Å²) in [6, 6.07) is 0. The van der Waals surface area contributed by atoms with Gasteiger partial charge in [0.15, 0.2) is 0 Å². The van der Waals surface area contributed by atoms with Crippen molar-refractivity contribution in [1.82, 2.24) is 0 Å². The molecule has 144 valence electrons. The van der Waals surface area contributed by atoms with Crippen molar-refractivity contribution in [3.8, 4) is 0 Å². The molecule has 0 heterocycles. The highest BCUT2D eigenvalue weighted by Gasteiger charge is 2.12. The zero-order chi connectivity index (χ0) is 17.9. The number of carbonyl (C=O) groups is 1. The summed E-state index contributed by atoms with van der Waals surface area (Å²) in [6.07, 6.45) is 19.7. The van der Waals surface area contributed by atoms with Crippen LogP contribution < -0.4 is 0 Å². The monoisotopic (exact) mass is 358 g/mol. The average molecular weight is 359 g/mol. The van der Waals surface area contributed by atoms with E-state index in [4.69, 9.17) is 4.74 Å². The Morgan fingerprint density at radius 2 is 1.21 bits per heavy atom. The molecule has 1 unspecified atom stereocenters. The number of methoxy groups -OCH3 is 1. The predicted molar refractivity (Wildman–Crippen MR) is 109 cm³/mol. The van der Waals surface area contributed by atoms with Crippen LogP contribution in [0, 0.1) is 5.92 Å². The lowest BCUT2D eigenvalue weighted by molar-refractivity contribution is -0.143. The maximum atomic E-state index is 11.3. The Morgan fingerprint density at radius 1 is 0.792 bits per heavy atom. The molecular formula is C21H42O2S. The molecule has 0 bridgehead atoms. The fourth-order valence-electron chi connectivity index (χ4n) is 2.93. The molecule has 0 radical (unpaired) electrons. The zero-order valence-corrected chi connectivity index (χ0v) is 17.4. The second kappa shape index (κ2) is 19.1. The average Bonchev–Trinajstić information content (AvgIpc) is 2.60. The molecule has 0 saturated carbocycles. The van der Waals surface area contributed by atoms with Crippen LogP contribution in [0.4, 0.5) is 0 Å². The standard InChI is InChI=1S/C21H42O2S/c1-4-5-6-7-8-9-10-11-12-13-14-15-16-17-18-24-19-20(2)21(22)23-3/h20H,4-19H2,1-3H3. The molecule has 0 N–H and O–H groups in total. The fourth-order valence-corrected chi connectivity index (χ4v) is 3.99. The highest BCUT2D eigenvalue weighted by atomic mass is 32.2. The zero-order valence-electron chi connectivity index (χ0n) is 16.6. The second-order valence-corrected chi connectivity index (χ2v) is 8.25. The van der Waals surface area contributed by atoms with Crippen molar-refractivity contribution < 1.29 is 9.53 Å². The predicted octanol–water partition coefficient (Wildman–Crippen LogP) is 7.01. The largest absolute Gasteiger partial charge is 0.469 e. The summed E-state index contributed by atoms with van der Waals surface area (Å²) in [5.74, 6) is 2.03. The van der Waals surface area contributed by atoms with Crippen LogP contribution in [-0.4, -0.2) is 24.6 Å². The van der Waals surface area contributed by atoms with Gasteiger partial charge < -0.3 is 4.74 Å². The lowest BCUT2D eigenvalue weighted by Crippen LogP contribution is -2.15. The summed E-state index contributed by atoms with van der Waals surface area (Å²) < 4.78 is 4.74. The lowest BCUT2D eigenvalue weighted by Gasteiger charge is -2.08. The minimum Gasteiger partial charge on any atom is -0.469 e. The first-order valence-corrected chi connectivity index (χ1v) is 11.5. The van der Waals surface area contributed by atoms with Gasteiger partial charge in [-0.15, -0.1) is 0 Å². The molecule has 1 atom stereocenters. The van der Waals surface area contributed by atoms with Crippen molar-refractivity contribution in [3.05, 3.63) is 0 Å². The van der Waals surface area contributed by atoms with Crippen LogP contribution in [0.1, 0.15) is 104 Å². The van der Waals surface area contributed by atoms with E-state index in [9.17, 15) is 4.79 Å². The van der Waals surface area contributed by atoms with E-state index < -0.39 is 0 Å². The van der Waals surface area contributed by atoms with Gasteiger partial charge in [0.2, 0.25) is 0 Å².